The summed E-state index contributed by atoms with van der Waals surface area (Å²) in [6.07, 6.45) is 0.831. The van der Waals surface area contributed by atoms with Gasteiger partial charge in [0.1, 0.15) is 0 Å². The molecule has 114 valence electrons. The topological polar surface area (TPSA) is 87.5 Å². The van der Waals surface area contributed by atoms with Gasteiger partial charge in [0, 0.05) is 18.8 Å². The van der Waals surface area contributed by atoms with Gasteiger partial charge < -0.3 is 16.4 Å². The third kappa shape index (κ3) is 4.09. The normalized spacial score (nSPS) is 17.7. The predicted octanol–water partition coefficient (Wildman–Crippen LogP) is 1.07. The van der Waals surface area contributed by atoms with Crippen LogP contribution in [0.25, 0.3) is 0 Å². The van der Waals surface area contributed by atoms with Gasteiger partial charge in [-0.3, -0.25) is 14.5 Å². The zero-order valence-electron chi connectivity index (χ0n) is 11.9. The lowest BCUT2D eigenvalue weighted by Gasteiger charge is -2.25. The van der Waals surface area contributed by atoms with E-state index < -0.39 is 6.04 Å². The minimum absolute atomic E-state index is 0.0529. The second kappa shape index (κ2) is 6.78. The molecule has 1 fully saturated rings. The number of rotatable bonds is 3. The molecule has 1 unspecified atom stereocenters. The van der Waals surface area contributed by atoms with E-state index in [2.05, 4.69) is 10.6 Å². The fraction of sp³-hybridized carbons (Fsp3) is 0.429. The minimum Gasteiger partial charge on any atom is -0.397 e. The number of nitrogens with zero attached hydrogens (tertiary/aromatic N) is 1. The minimum atomic E-state index is -0.397. The Morgan fingerprint density at radius 2 is 2.29 bits per heavy atom. The van der Waals surface area contributed by atoms with Crippen LogP contribution in [-0.4, -0.2) is 42.4 Å². The van der Waals surface area contributed by atoms with Crippen LogP contribution < -0.4 is 16.4 Å². The molecule has 1 aromatic carbocycles. The van der Waals surface area contributed by atoms with Crippen molar-refractivity contribution in [1.82, 2.24) is 10.2 Å². The lowest BCUT2D eigenvalue weighted by Crippen LogP contribution is -2.45. The fourth-order valence-electron chi connectivity index (χ4n) is 2.19. The van der Waals surface area contributed by atoms with E-state index in [0.29, 0.717) is 29.5 Å². The van der Waals surface area contributed by atoms with E-state index in [4.69, 9.17) is 17.3 Å². The van der Waals surface area contributed by atoms with Gasteiger partial charge in [0.05, 0.1) is 23.3 Å². The van der Waals surface area contributed by atoms with Crippen LogP contribution in [0, 0.1) is 0 Å². The number of carbonyl (C=O) groups excluding carboxylic acids is 2. The van der Waals surface area contributed by atoms with Crippen molar-refractivity contribution in [3.05, 3.63) is 23.2 Å². The van der Waals surface area contributed by atoms with Gasteiger partial charge in [0.25, 0.3) is 0 Å². The van der Waals surface area contributed by atoms with Crippen LogP contribution in [0.1, 0.15) is 13.3 Å². The lowest BCUT2D eigenvalue weighted by atomic mass is 10.2. The molecule has 1 aliphatic heterocycles. The molecule has 1 atom stereocenters. The lowest BCUT2D eigenvalue weighted by molar-refractivity contribution is -0.124. The molecule has 2 rings (SSSR count). The Morgan fingerprint density at radius 1 is 1.52 bits per heavy atom. The average molecular weight is 311 g/mol. The SMILES string of the molecule is CC(C(=O)Nc1ccc(Cl)c(N)c1)N1CCCNC(=O)C1. The van der Waals surface area contributed by atoms with Gasteiger partial charge in [-0.05, 0) is 31.5 Å². The molecule has 1 saturated heterocycles. The molecule has 0 bridgehead atoms. The Hall–Kier alpha value is -1.79. The number of anilines is 2. The predicted molar refractivity (Wildman–Crippen MR) is 83.2 cm³/mol. The molecule has 6 nitrogen and oxygen atoms in total. The number of nitrogens with one attached hydrogen (secondary N) is 2. The first kappa shape index (κ1) is 15.6. The Kier molecular flexibility index (Phi) is 5.03. The summed E-state index contributed by atoms with van der Waals surface area (Å²) in [6.45, 7) is 3.37. The van der Waals surface area contributed by atoms with Crippen molar-refractivity contribution < 1.29 is 9.59 Å². The zero-order chi connectivity index (χ0) is 15.4. The van der Waals surface area contributed by atoms with Crippen LogP contribution in [0.15, 0.2) is 18.2 Å². The van der Waals surface area contributed by atoms with Crippen LogP contribution in [0.5, 0.6) is 0 Å². The molecule has 1 heterocycles. The van der Waals surface area contributed by atoms with Crippen LogP contribution in [-0.2, 0) is 9.59 Å². The van der Waals surface area contributed by atoms with Gasteiger partial charge in [0.2, 0.25) is 11.8 Å². The molecule has 1 aliphatic rings. The standard InChI is InChI=1S/C14H19ClN4O2/c1-9(19-6-2-5-17-13(20)8-19)14(21)18-10-3-4-11(15)12(16)7-10/h3-4,7,9H,2,5-6,8,16H2,1H3,(H,17,20)(H,18,21). The van der Waals surface area contributed by atoms with E-state index in [1.165, 1.54) is 0 Å². The number of amides is 2. The summed E-state index contributed by atoms with van der Waals surface area (Å²) in [5, 5.41) is 6.03. The molecule has 1 aromatic rings. The summed E-state index contributed by atoms with van der Waals surface area (Å²) in [7, 11) is 0. The first-order chi connectivity index (χ1) is 9.97. The number of nitrogen functional groups attached to an aromatic ring is 1. The van der Waals surface area contributed by atoms with Gasteiger partial charge in [-0.25, -0.2) is 0 Å². The summed E-state index contributed by atoms with van der Waals surface area (Å²) >= 11 is 5.85. The van der Waals surface area contributed by atoms with Gasteiger partial charge in [-0.2, -0.15) is 0 Å². The van der Waals surface area contributed by atoms with Crippen LogP contribution >= 0.6 is 11.6 Å². The molecule has 2 amide bonds. The number of carbonyl (C=O) groups is 2. The second-order valence-corrected chi connectivity index (χ2v) is 5.48. The fourth-order valence-corrected chi connectivity index (χ4v) is 2.31. The van der Waals surface area contributed by atoms with Crippen molar-refractivity contribution in [1.29, 1.82) is 0 Å². The van der Waals surface area contributed by atoms with Crippen LogP contribution in [0.4, 0.5) is 11.4 Å². The van der Waals surface area contributed by atoms with E-state index in [1.807, 2.05) is 4.90 Å². The Balaban J connectivity index is 2.01. The molecular weight excluding hydrogens is 292 g/mol. The van der Waals surface area contributed by atoms with E-state index in [9.17, 15) is 9.59 Å². The first-order valence-electron chi connectivity index (χ1n) is 6.84. The van der Waals surface area contributed by atoms with Crippen molar-refractivity contribution in [2.75, 3.05) is 30.7 Å². The van der Waals surface area contributed by atoms with E-state index in [-0.39, 0.29) is 18.4 Å². The molecule has 4 N–H and O–H groups in total. The Labute approximate surface area is 128 Å². The molecule has 0 saturated carbocycles. The maximum atomic E-state index is 12.3. The van der Waals surface area contributed by atoms with E-state index in [1.54, 1.807) is 25.1 Å². The van der Waals surface area contributed by atoms with Crippen molar-refractivity contribution in [3.63, 3.8) is 0 Å². The summed E-state index contributed by atoms with van der Waals surface area (Å²) in [5.41, 5.74) is 6.71. The van der Waals surface area contributed by atoms with Gasteiger partial charge in [-0.15, -0.1) is 0 Å². The zero-order valence-corrected chi connectivity index (χ0v) is 12.6. The maximum Gasteiger partial charge on any atom is 0.241 e. The highest BCUT2D eigenvalue weighted by molar-refractivity contribution is 6.33. The smallest absolute Gasteiger partial charge is 0.241 e. The monoisotopic (exact) mass is 310 g/mol. The second-order valence-electron chi connectivity index (χ2n) is 5.08. The molecule has 0 aliphatic carbocycles. The number of halogens is 1. The van der Waals surface area contributed by atoms with Gasteiger partial charge in [0.15, 0.2) is 0 Å². The number of nitrogens with two attached hydrogens (primary N) is 1. The summed E-state index contributed by atoms with van der Waals surface area (Å²) in [5.74, 6) is -0.227. The quantitative estimate of drug-likeness (QED) is 0.729. The molecule has 21 heavy (non-hydrogen) atoms. The maximum absolute atomic E-state index is 12.3. The molecule has 0 aromatic heterocycles. The largest absolute Gasteiger partial charge is 0.397 e. The molecule has 0 spiro atoms. The van der Waals surface area contributed by atoms with Crippen molar-refractivity contribution in [2.24, 2.45) is 0 Å². The third-order valence-electron chi connectivity index (χ3n) is 3.48. The summed E-state index contributed by atoms with van der Waals surface area (Å²) in [4.78, 5) is 25.7. The number of hydrogen-bond donors (Lipinski definition) is 3. The summed E-state index contributed by atoms with van der Waals surface area (Å²) < 4.78 is 0. The molecule has 0 radical (unpaired) electrons. The first-order valence-corrected chi connectivity index (χ1v) is 7.22. The highest BCUT2D eigenvalue weighted by Crippen LogP contribution is 2.22. The number of benzene rings is 1. The van der Waals surface area contributed by atoms with E-state index in [0.717, 1.165) is 6.42 Å². The Morgan fingerprint density at radius 3 is 3.00 bits per heavy atom. The van der Waals surface area contributed by atoms with Crippen molar-refractivity contribution in [2.45, 2.75) is 19.4 Å². The van der Waals surface area contributed by atoms with Gasteiger partial charge >= 0.3 is 0 Å². The van der Waals surface area contributed by atoms with Crippen LogP contribution in [0.2, 0.25) is 5.02 Å². The molecule has 7 heteroatoms. The van der Waals surface area contributed by atoms with Gasteiger partial charge in [-0.1, -0.05) is 11.6 Å². The summed E-state index contributed by atoms with van der Waals surface area (Å²) in [6, 6.07) is 4.54. The average Bonchev–Trinajstić information content (AvgIpc) is 2.66. The van der Waals surface area contributed by atoms with Crippen molar-refractivity contribution >= 4 is 34.8 Å². The van der Waals surface area contributed by atoms with Crippen molar-refractivity contribution in [3.8, 4) is 0 Å². The number of hydrogen-bond acceptors (Lipinski definition) is 4. The highest BCUT2D eigenvalue weighted by Gasteiger charge is 2.24. The highest BCUT2D eigenvalue weighted by atomic mass is 35.5. The van der Waals surface area contributed by atoms with E-state index >= 15 is 0 Å². The van der Waals surface area contributed by atoms with Crippen LogP contribution in [0.3, 0.4) is 0 Å². The molecular formula is C14H19ClN4O2. The Bertz CT molecular complexity index is 550. The third-order valence-corrected chi connectivity index (χ3v) is 3.83.